The maximum atomic E-state index is 11.0. The molecule has 98 valence electrons. The number of carbonyl (C=O) groups excluding carboxylic acids is 1. The Labute approximate surface area is 108 Å². The normalized spacial score (nSPS) is 11.5. The largest absolute Gasteiger partial charge is 0.493 e. The van der Waals surface area contributed by atoms with Crippen LogP contribution < -0.4 is 9.47 Å². The molecule has 0 radical (unpaired) electrons. The smallest absolute Gasteiger partial charge is 0.161 e. The van der Waals surface area contributed by atoms with E-state index in [4.69, 9.17) is 9.47 Å². The van der Waals surface area contributed by atoms with E-state index in [1.165, 1.54) is 0 Å². The van der Waals surface area contributed by atoms with Gasteiger partial charge in [0.2, 0.25) is 0 Å². The predicted octanol–water partition coefficient (Wildman–Crippen LogP) is 3.33. The lowest BCUT2D eigenvalue weighted by molar-refractivity contribution is -0.105. The van der Waals surface area contributed by atoms with Crippen molar-refractivity contribution in [3.63, 3.8) is 0 Å². The molecule has 0 N–H and O–H groups in total. The molecule has 0 aliphatic rings. The summed E-state index contributed by atoms with van der Waals surface area (Å²) < 4.78 is 10.7. The molecule has 18 heavy (non-hydrogen) atoms. The van der Waals surface area contributed by atoms with Crippen LogP contribution >= 0.6 is 0 Å². The summed E-state index contributed by atoms with van der Waals surface area (Å²) in [7, 11) is 1.61. The van der Waals surface area contributed by atoms with Gasteiger partial charge < -0.3 is 9.47 Å². The predicted molar refractivity (Wildman–Crippen MR) is 73.0 cm³/mol. The monoisotopic (exact) mass is 248 g/mol. The number of carbonyl (C=O) groups is 1. The second-order valence-electron chi connectivity index (χ2n) is 4.26. The number of aldehydes is 1. The van der Waals surface area contributed by atoms with E-state index in [2.05, 4.69) is 0 Å². The van der Waals surface area contributed by atoms with E-state index in [0.717, 1.165) is 17.4 Å². The van der Waals surface area contributed by atoms with Crippen molar-refractivity contribution in [1.29, 1.82) is 0 Å². The Morgan fingerprint density at radius 2 is 2.06 bits per heavy atom. The van der Waals surface area contributed by atoms with Gasteiger partial charge in [-0.2, -0.15) is 0 Å². The van der Waals surface area contributed by atoms with Crippen LogP contribution in [-0.4, -0.2) is 20.0 Å². The second kappa shape index (κ2) is 6.84. The first-order chi connectivity index (χ1) is 8.62. The van der Waals surface area contributed by atoms with Crippen molar-refractivity contribution in [3.8, 4) is 11.5 Å². The van der Waals surface area contributed by atoms with Crippen LogP contribution in [0.2, 0.25) is 0 Å². The van der Waals surface area contributed by atoms with Gasteiger partial charge in [-0.1, -0.05) is 19.9 Å². The topological polar surface area (TPSA) is 35.5 Å². The molecule has 0 heterocycles. The Kier molecular flexibility index (Phi) is 5.43. The molecule has 0 saturated carbocycles. The lowest BCUT2D eigenvalue weighted by Gasteiger charge is -2.10. The second-order valence-corrected chi connectivity index (χ2v) is 4.26. The number of benzene rings is 1. The molecule has 1 aromatic rings. The molecule has 0 fully saturated rings. The highest BCUT2D eigenvalue weighted by Crippen LogP contribution is 2.29. The van der Waals surface area contributed by atoms with Gasteiger partial charge in [-0.25, -0.2) is 0 Å². The highest BCUT2D eigenvalue weighted by atomic mass is 16.5. The lowest BCUT2D eigenvalue weighted by Crippen LogP contribution is -1.97. The third-order valence-corrected chi connectivity index (χ3v) is 2.62. The molecule has 1 aromatic carbocycles. The summed E-state index contributed by atoms with van der Waals surface area (Å²) in [5, 5.41) is 0. The fourth-order valence-electron chi connectivity index (χ4n) is 1.58. The molecular weight excluding hydrogens is 228 g/mol. The minimum absolute atomic E-state index is 0.208. The number of rotatable bonds is 6. The van der Waals surface area contributed by atoms with E-state index < -0.39 is 0 Å². The lowest BCUT2D eigenvalue weighted by atomic mass is 10.0. The van der Waals surface area contributed by atoms with Gasteiger partial charge in [-0.05, 0) is 42.2 Å². The third kappa shape index (κ3) is 3.62. The van der Waals surface area contributed by atoms with E-state index >= 15 is 0 Å². The van der Waals surface area contributed by atoms with Crippen molar-refractivity contribution in [3.05, 3.63) is 29.3 Å². The average Bonchev–Trinajstić information content (AvgIpc) is 2.36. The Morgan fingerprint density at radius 1 is 1.33 bits per heavy atom. The van der Waals surface area contributed by atoms with Crippen LogP contribution in [0.4, 0.5) is 0 Å². The Balaban J connectivity index is 3.11. The SMILES string of the molecule is CCOc1cc(C=C(C=O)C(C)C)ccc1OC. The molecule has 0 unspecified atom stereocenters. The molecule has 0 aliphatic carbocycles. The maximum Gasteiger partial charge on any atom is 0.161 e. The number of hydrogen-bond donors (Lipinski definition) is 0. The van der Waals surface area contributed by atoms with Gasteiger partial charge in [-0.3, -0.25) is 4.79 Å². The fourth-order valence-corrected chi connectivity index (χ4v) is 1.58. The standard InChI is InChI=1S/C15H20O3/c1-5-18-15-9-12(6-7-14(15)17-4)8-13(10-16)11(2)3/h6-11H,5H2,1-4H3. The summed E-state index contributed by atoms with van der Waals surface area (Å²) in [6.07, 6.45) is 2.77. The summed E-state index contributed by atoms with van der Waals surface area (Å²) in [5.41, 5.74) is 1.71. The minimum Gasteiger partial charge on any atom is -0.493 e. The quantitative estimate of drug-likeness (QED) is 0.572. The number of hydrogen-bond acceptors (Lipinski definition) is 3. The van der Waals surface area contributed by atoms with E-state index in [1.807, 2.05) is 45.0 Å². The van der Waals surface area contributed by atoms with Crippen molar-refractivity contribution in [2.75, 3.05) is 13.7 Å². The van der Waals surface area contributed by atoms with Crippen molar-refractivity contribution in [1.82, 2.24) is 0 Å². The van der Waals surface area contributed by atoms with Crippen LogP contribution in [0.15, 0.2) is 23.8 Å². The first-order valence-corrected chi connectivity index (χ1v) is 6.10. The maximum absolute atomic E-state index is 11.0. The fraction of sp³-hybridized carbons (Fsp3) is 0.400. The summed E-state index contributed by atoms with van der Waals surface area (Å²) in [6, 6.07) is 5.64. The Hall–Kier alpha value is -1.77. The summed E-state index contributed by atoms with van der Waals surface area (Å²) in [5.74, 6) is 1.61. The number of allylic oxidation sites excluding steroid dienone is 1. The van der Waals surface area contributed by atoms with E-state index in [0.29, 0.717) is 18.1 Å². The molecule has 3 nitrogen and oxygen atoms in total. The van der Waals surface area contributed by atoms with Crippen molar-refractivity contribution in [2.45, 2.75) is 20.8 Å². The summed E-state index contributed by atoms with van der Waals surface area (Å²) in [4.78, 5) is 11.0. The van der Waals surface area contributed by atoms with Crippen LogP contribution in [0.25, 0.3) is 6.08 Å². The number of methoxy groups -OCH3 is 1. The van der Waals surface area contributed by atoms with Crippen molar-refractivity contribution >= 4 is 12.4 Å². The minimum atomic E-state index is 0.208. The van der Waals surface area contributed by atoms with Gasteiger partial charge in [0.1, 0.15) is 6.29 Å². The van der Waals surface area contributed by atoms with Crippen molar-refractivity contribution in [2.24, 2.45) is 5.92 Å². The Bertz CT molecular complexity index is 433. The number of ether oxygens (including phenoxy) is 2. The molecule has 1 rings (SSSR count). The van der Waals surface area contributed by atoms with E-state index in [1.54, 1.807) is 7.11 Å². The molecule has 3 heteroatoms. The van der Waals surface area contributed by atoms with Crippen LogP contribution in [0, 0.1) is 5.92 Å². The van der Waals surface area contributed by atoms with Crippen molar-refractivity contribution < 1.29 is 14.3 Å². The van der Waals surface area contributed by atoms with Gasteiger partial charge in [0.25, 0.3) is 0 Å². The first-order valence-electron chi connectivity index (χ1n) is 6.10. The molecule has 0 aliphatic heterocycles. The summed E-state index contributed by atoms with van der Waals surface area (Å²) >= 11 is 0. The molecule has 0 bridgehead atoms. The van der Waals surface area contributed by atoms with Gasteiger partial charge in [0.05, 0.1) is 13.7 Å². The molecule has 0 atom stereocenters. The molecular formula is C15H20O3. The van der Waals surface area contributed by atoms with E-state index in [-0.39, 0.29) is 5.92 Å². The third-order valence-electron chi connectivity index (χ3n) is 2.62. The first kappa shape index (κ1) is 14.3. The van der Waals surface area contributed by atoms with Crippen LogP contribution in [0.3, 0.4) is 0 Å². The zero-order chi connectivity index (χ0) is 13.5. The molecule has 0 amide bonds. The van der Waals surface area contributed by atoms with Gasteiger partial charge in [0, 0.05) is 0 Å². The van der Waals surface area contributed by atoms with Crippen LogP contribution in [-0.2, 0) is 4.79 Å². The zero-order valence-electron chi connectivity index (χ0n) is 11.4. The zero-order valence-corrected chi connectivity index (χ0v) is 11.4. The van der Waals surface area contributed by atoms with Crippen LogP contribution in [0.5, 0.6) is 11.5 Å². The van der Waals surface area contributed by atoms with Gasteiger partial charge >= 0.3 is 0 Å². The molecule has 0 aromatic heterocycles. The summed E-state index contributed by atoms with van der Waals surface area (Å²) in [6.45, 7) is 6.49. The van der Waals surface area contributed by atoms with Crippen LogP contribution in [0.1, 0.15) is 26.3 Å². The molecule has 0 saturated heterocycles. The molecule has 0 spiro atoms. The Morgan fingerprint density at radius 3 is 2.56 bits per heavy atom. The highest BCUT2D eigenvalue weighted by molar-refractivity contribution is 5.82. The van der Waals surface area contributed by atoms with Gasteiger partial charge in [0.15, 0.2) is 11.5 Å². The average molecular weight is 248 g/mol. The van der Waals surface area contributed by atoms with Gasteiger partial charge in [-0.15, -0.1) is 0 Å². The van der Waals surface area contributed by atoms with E-state index in [9.17, 15) is 4.79 Å². The highest BCUT2D eigenvalue weighted by Gasteiger charge is 2.06.